The first-order valence-electron chi connectivity index (χ1n) is 11.8. The van der Waals surface area contributed by atoms with E-state index < -0.39 is 16.1 Å². The molecule has 2 aromatic heterocycles. The summed E-state index contributed by atoms with van der Waals surface area (Å²) < 4.78 is 0. The zero-order chi connectivity index (χ0) is 25.0. The average Bonchev–Trinajstić information content (AvgIpc) is 3.24. The summed E-state index contributed by atoms with van der Waals surface area (Å²) in [7, 11) is -3.20. The minimum absolute atomic E-state index is 0.550. The molecule has 0 spiro atoms. The van der Waals surface area contributed by atoms with E-state index in [0.29, 0.717) is 5.82 Å². The summed E-state index contributed by atoms with van der Waals surface area (Å²) in [6, 6.07) is 14.8. The highest BCUT2D eigenvalue weighted by atomic mass is 28.3. The average molecular weight is 489 g/mol. The molecule has 0 amide bonds. The number of imidazole rings is 1. The molecule has 172 valence electrons. The maximum Gasteiger partial charge on any atom is 0.183 e. The molecule has 6 heteroatoms. The van der Waals surface area contributed by atoms with Crippen molar-refractivity contribution in [1.29, 1.82) is 0 Å². The predicted octanol–water partition coefficient (Wildman–Crippen LogP) is 6.08. The molecule has 2 heterocycles. The third-order valence-electron chi connectivity index (χ3n) is 6.01. The summed E-state index contributed by atoms with van der Waals surface area (Å²) in [6.07, 6.45) is 7.32. The normalized spacial score (nSPS) is 12.0. The van der Waals surface area contributed by atoms with Crippen LogP contribution in [-0.2, 0) is 0 Å². The molecule has 3 aromatic carbocycles. The molecule has 0 bridgehead atoms. The fourth-order valence-electron chi connectivity index (χ4n) is 4.41. The summed E-state index contributed by atoms with van der Waals surface area (Å²) >= 11 is 0. The molecule has 0 aliphatic carbocycles. The minimum atomic E-state index is -1.74. The summed E-state index contributed by atoms with van der Waals surface area (Å²) in [4.78, 5) is 17.5. The topological polar surface area (TPSA) is 54.5 Å². The van der Waals surface area contributed by atoms with Crippen LogP contribution in [0.5, 0.6) is 0 Å². The molecule has 0 saturated heterocycles. The van der Waals surface area contributed by atoms with Gasteiger partial charge in [0.15, 0.2) is 5.82 Å². The molecule has 0 aliphatic heterocycles. The van der Waals surface area contributed by atoms with Gasteiger partial charge in [-0.05, 0) is 35.4 Å². The lowest BCUT2D eigenvalue weighted by atomic mass is 10.00. The lowest BCUT2D eigenvalue weighted by Gasteiger charge is -2.21. The fraction of sp³-hybridized carbons (Fsp3) is 0.207. The molecule has 5 rings (SSSR count). The van der Waals surface area contributed by atoms with Crippen molar-refractivity contribution in [3.05, 3.63) is 60.2 Å². The molecule has 0 unspecified atom stereocenters. The van der Waals surface area contributed by atoms with E-state index in [4.69, 9.17) is 21.4 Å². The zero-order valence-electron chi connectivity index (χ0n) is 21.0. The van der Waals surface area contributed by atoms with Gasteiger partial charge in [0.25, 0.3) is 0 Å². The predicted molar refractivity (Wildman–Crippen MR) is 153 cm³/mol. The number of rotatable bonds is 2. The van der Waals surface area contributed by atoms with Gasteiger partial charge in [0.05, 0.1) is 30.3 Å². The van der Waals surface area contributed by atoms with E-state index in [0.717, 1.165) is 49.5 Å². The molecular weight excluding hydrogens is 461 g/mol. The second-order valence-corrected chi connectivity index (χ2v) is 20.8. The van der Waals surface area contributed by atoms with Crippen LogP contribution in [0.15, 0.2) is 48.8 Å². The van der Waals surface area contributed by atoms with E-state index >= 15 is 0 Å². The first-order valence-corrected chi connectivity index (χ1v) is 18.8. The van der Waals surface area contributed by atoms with Crippen molar-refractivity contribution in [3.8, 4) is 35.1 Å². The van der Waals surface area contributed by atoms with E-state index in [2.05, 4.69) is 104 Å². The Labute approximate surface area is 208 Å². The van der Waals surface area contributed by atoms with Crippen LogP contribution in [-0.4, -0.2) is 36.1 Å². The minimum Gasteiger partial charge on any atom is -0.331 e. The Morgan fingerprint density at radius 1 is 0.886 bits per heavy atom. The van der Waals surface area contributed by atoms with Gasteiger partial charge in [-0.25, -0.2) is 15.0 Å². The van der Waals surface area contributed by atoms with Crippen molar-refractivity contribution >= 4 is 54.0 Å². The summed E-state index contributed by atoms with van der Waals surface area (Å²) in [5, 5.41) is 4.59. The zero-order valence-corrected chi connectivity index (χ0v) is 23.0. The lowest BCUT2D eigenvalue weighted by molar-refractivity contribution is 1.23. The van der Waals surface area contributed by atoms with Crippen LogP contribution in [0.3, 0.4) is 0 Å². The van der Waals surface area contributed by atoms with Gasteiger partial charge in [0.2, 0.25) is 0 Å². The van der Waals surface area contributed by atoms with Crippen molar-refractivity contribution in [3.63, 3.8) is 0 Å². The number of H-pyrrole nitrogens is 1. The van der Waals surface area contributed by atoms with Crippen LogP contribution in [0.4, 0.5) is 0 Å². The van der Waals surface area contributed by atoms with Crippen molar-refractivity contribution in [2.24, 2.45) is 0 Å². The van der Waals surface area contributed by atoms with E-state index in [1.807, 2.05) is 0 Å². The first-order chi connectivity index (χ1) is 16.5. The van der Waals surface area contributed by atoms with Crippen molar-refractivity contribution in [2.45, 2.75) is 39.3 Å². The lowest BCUT2D eigenvalue weighted by Crippen LogP contribution is -2.38. The Kier molecular flexibility index (Phi) is 5.40. The number of aromatic amines is 1. The molecule has 0 atom stereocenters. The Balaban J connectivity index is 1.82. The van der Waals surface area contributed by atoms with Gasteiger partial charge in [0.1, 0.15) is 14.4 Å². The van der Waals surface area contributed by atoms with E-state index in [-0.39, 0.29) is 0 Å². The monoisotopic (exact) mass is 488 g/mol. The van der Waals surface area contributed by atoms with Gasteiger partial charge in [-0.1, -0.05) is 63.4 Å². The van der Waals surface area contributed by atoms with Gasteiger partial charge in [-0.2, -0.15) is 0 Å². The fourth-order valence-corrected chi connectivity index (χ4v) is 6.51. The molecule has 1 N–H and O–H groups in total. The molecule has 35 heavy (non-hydrogen) atoms. The Hall–Kier alpha value is -3.72. The molecular formula is C29H28N4Si2. The smallest absolute Gasteiger partial charge is 0.183 e. The van der Waals surface area contributed by atoms with Crippen molar-refractivity contribution in [2.75, 3.05) is 0 Å². The van der Waals surface area contributed by atoms with Crippen molar-refractivity contribution < 1.29 is 0 Å². The highest BCUT2D eigenvalue weighted by Gasteiger charge is 2.24. The third-order valence-corrected chi connectivity index (χ3v) is 8.90. The second-order valence-electron chi connectivity index (χ2n) is 11.0. The maximum atomic E-state index is 5.65. The summed E-state index contributed by atoms with van der Waals surface area (Å²) in [6.45, 7) is 13.8. The van der Waals surface area contributed by atoms with Crippen molar-refractivity contribution in [1.82, 2.24) is 19.9 Å². The Bertz CT molecular complexity index is 1730. The number of aromatic nitrogens is 4. The molecule has 4 nitrogen and oxygen atoms in total. The number of nitrogens with zero attached hydrogens (tertiary/aromatic N) is 3. The Morgan fingerprint density at radius 2 is 1.66 bits per heavy atom. The van der Waals surface area contributed by atoms with E-state index in [9.17, 15) is 0 Å². The summed E-state index contributed by atoms with van der Waals surface area (Å²) in [5.74, 6) is 6.57. The van der Waals surface area contributed by atoms with Crippen LogP contribution in [0.25, 0.3) is 44.0 Å². The SMILES string of the molecule is C#Cc1nc2c(cc([Si](C)(C)C)c3c2ccc2c(-c4cccc(C#C[Si](C)(C)C)c4)ncnc23)[nH]1. The molecule has 0 aliphatic rings. The van der Waals surface area contributed by atoms with Gasteiger partial charge in [-0.15, -0.1) is 12.0 Å². The third kappa shape index (κ3) is 4.27. The maximum absolute atomic E-state index is 5.65. The molecule has 5 aromatic rings. The standard InChI is InChI=1S/C29H28N4Si2/c1-8-25-32-23-17-24(35(5,6)7)26-21(28(23)33-25)12-13-22-27(30-18-31-29(22)26)20-11-9-10-19(16-20)14-15-34(2,3)4/h1,9-13,16-18H,2-7H3,(H,32,33). The van der Waals surface area contributed by atoms with Gasteiger partial charge in [0, 0.05) is 27.3 Å². The molecule has 0 fully saturated rings. The highest BCUT2D eigenvalue weighted by Crippen LogP contribution is 2.33. The van der Waals surface area contributed by atoms with Crippen LogP contribution < -0.4 is 5.19 Å². The molecule has 0 radical (unpaired) electrons. The number of benzene rings is 3. The van der Waals surface area contributed by atoms with Gasteiger partial charge >= 0.3 is 0 Å². The van der Waals surface area contributed by atoms with Crippen LogP contribution in [0.2, 0.25) is 39.3 Å². The number of terminal acetylenes is 1. The second kappa shape index (κ2) is 8.20. The number of hydrogen-bond acceptors (Lipinski definition) is 3. The van der Waals surface area contributed by atoms with E-state index in [1.165, 1.54) is 5.19 Å². The summed E-state index contributed by atoms with van der Waals surface area (Å²) in [5.41, 5.74) is 9.26. The van der Waals surface area contributed by atoms with E-state index in [1.54, 1.807) is 6.33 Å². The molecule has 0 saturated carbocycles. The largest absolute Gasteiger partial charge is 0.331 e. The van der Waals surface area contributed by atoms with Gasteiger partial charge < -0.3 is 4.98 Å². The quantitative estimate of drug-likeness (QED) is 0.186. The highest BCUT2D eigenvalue weighted by molar-refractivity contribution is 6.91. The number of hydrogen-bond donors (Lipinski definition) is 1. The van der Waals surface area contributed by atoms with Gasteiger partial charge in [-0.3, -0.25) is 0 Å². The van der Waals surface area contributed by atoms with Crippen LogP contribution in [0.1, 0.15) is 11.4 Å². The van der Waals surface area contributed by atoms with Crippen LogP contribution >= 0.6 is 0 Å². The first kappa shape index (κ1) is 23.0. The van der Waals surface area contributed by atoms with Crippen LogP contribution in [0, 0.1) is 23.8 Å². The number of fused-ring (bicyclic) bond motifs is 5. The Morgan fingerprint density at radius 3 is 2.37 bits per heavy atom. The number of nitrogens with one attached hydrogen (secondary N) is 1.